The number of rotatable bonds is 10. The monoisotopic (exact) mass is 536 g/mol. The first-order valence-corrected chi connectivity index (χ1v) is 10.6. The van der Waals surface area contributed by atoms with E-state index in [0.29, 0.717) is 6.54 Å². The first-order chi connectivity index (χ1) is 13.6. The zero-order valence-corrected chi connectivity index (χ0v) is 22.0. The Labute approximate surface area is 199 Å². The molecule has 0 aliphatic heterocycles. The first kappa shape index (κ1) is 28.5. The van der Waals surface area contributed by atoms with Gasteiger partial charge in [0.2, 0.25) is 0 Å². The van der Waals surface area contributed by atoms with Gasteiger partial charge in [0.05, 0.1) is 5.54 Å². The van der Waals surface area contributed by atoms with Gasteiger partial charge in [0.1, 0.15) is 11.4 Å². The van der Waals surface area contributed by atoms with Crippen molar-refractivity contribution in [2.45, 2.75) is 84.9 Å². The average Bonchev–Trinajstić information content (AvgIpc) is 3.06. The number of carbonyl (C=O) groups excluding carboxylic acids is 1. The number of aliphatic imine (C=N–C) groups is 1. The lowest BCUT2D eigenvalue weighted by Crippen LogP contribution is -2.57. The van der Waals surface area contributed by atoms with Crippen LogP contribution in [0.4, 0.5) is 4.79 Å². The molecule has 3 N–H and O–H groups in total. The van der Waals surface area contributed by atoms with Crippen LogP contribution in [-0.4, -0.2) is 52.9 Å². The number of hydrogen-bond donors (Lipinski definition) is 3. The molecule has 0 aliphatic rings. The predicted molar refractivity (Wildman–Crippen MR) is 134 cm³/mol. The Hall–Kier alpha value is -1.52. The van der Waals surface area contributed by atoms with Crippen molar-refractivity contribution in [3.05, 3.63) is 18.2 Å². The van der Waals surface area contributed by atoms with Gasteiger partial charge in [0.15, 0.2) is 5.96 Å². The van der Waals surface area contributed by atoms with Crippen molar-refractivity contribution < 1.29 is 9.53 Å². The number of carbonyl (C=O) groups is 1. The summed E-state index contributed by atoms with van der Waals surface area (Å²) in [5, 5.41) is 9.74. The Kier molecular flexibility index (Phi) is 13.0. The molecular formula is C21H41IN6O2. The van der Waals surface area contributed by atoms with E-state index in [-0.39, 0.29) is 35.6 Å². The summed E-state index contributed by atoms with van der Waals surface area (Å²) in [6, 6.07) is 0. The molecule has 0 saturated heterocycles. The fourth-order valence-corrected chi connectivity index (χ4v) is 2.97. The Morgan fingerprint density at radius 3 is 2.37 bits per heavy atom. The summed E-state index contributed by atoms with van der Waals surface area (Å²) in [6.45, 7) is 14.1. The number of nitrogens with one attached hydrogen (secondary N) is 3. The highest BCUT2D eigenvalue weighted by Gasteiger charge is 2.30. The van der Waals surface area contributed by atoms with Crippen LogP contribution in [0.3, 0.4) is 0 Å². The lowest BCUT2D eigenvalue weighted by Gasteiger charge is -2.34. The number of ether oxygens (including phenoxy) is 1. The molecule has 0 aromatic carbocycles. The van der Waals surface area contributed by atoms with Crippen molar-refractivity contribution >= 4 is 36.0 Å². The second kappa shape index (κ2) is 13.7. The maximum Gasteiger partial charge on any atom is 0.408 e. The summed E-state index contributed by atoms with van der Waals surface area (Å²) in [4.78, 5) is 20.8. The molecule has 1 aromatic rings. The van der Waals surface area contributed by atoms with Crippen LogP contribution in [0.1, 0.15) is 66.1 Å². The van der Waals surface area contributed by atoms with E-state index < -0.39 is 5.60 Å². The number of aromatic nitrogens is 2. The summed E-state index contributed by atoms with van der Waals surface area (Å²) in [5.74, 6) is 1.78. The Morgan fingerprint density at radius 1 is 1.20 bits per heavy atom. The molecule has 1 rings (SSSR count). The topological polar surface area (TPSA) is 92.6 Å². The molecule has 0 aliphatic carbocycles. The number of hydrogen-bond acceptors (Lipinski definition) is 4. The maximum absolute atomic E-state index is 12.3. The number of aryl methyl sites for hydroxylation is 2. The van der Waals surface area contributed by atoms with Gasteiger partial charge >= 0.3 is 6.09 Å². The van der Waals surface area contributed by atoms with E-state index in [0.717, 1.165) is 50.6 Å². The third-order valence-electron chi connectivity index (χ3n) is 4.98. The average molecular weight is 537 g/mol. The van der Waals surface area contributed by atoms with Gasteiger partial charge in [-0.2, -0.15) is 0 Å². The first-order valence-electron chi connectivity index (χ1n) is 10.6. The molecule has 0 radical (unpaired) electrons. The van der Waals surface area contributed by atoms with E-state index in [9.17, 15) is 4.79 Å². The minimum atomic E-state index is -0.516. The third kappa shape index (κ3) is 10.5. The third-order valence-corrected chi connectivity index (χ3v) is 4.98. The molecule has 1 amide bonds. The van der Waals surface area contributed by atoms with Crippen LogP contribution in [0.5, 0.6) is 0 Å². The fraction of sp³-hybridized carbons (Fsp3) is 0.762. The van der Waals surface area contributed by atoms with Crippen molar-refractivity contribution in [2.24, 2.45) is 4.99 Å². The van der Waals surface area contributed by atoms with Crippen molar-refractivity contribution in [2.75, 3.05) is 20.1 Å². The van der Waals surface area contributed by atoms with E-state index in [1.165, 1.54) is 0 Å². The van der Waals surface area contributed by atoms with Crippen LogP contribution >= 0.6 is 24.0 Å². The minimum absolute atomic E-state index is 0. The van der Waals surface area contributed by atoms with Crippen molar-refractivity contribution in [3.8, 4) is 0 Å². The van der Waals surface area contributed by atoms with Crippen molar-refractivity contribution in [3.63, 3.8) is 0 Å². The number of alkyl carbamates (subject to hydrolysis) is 1. The summed E-state index contributed by atoms with van der Waals surface area (Å²) in [7, 11) is 1.76. The van der Waals surface area contributed by atoms with Gasteiger partial charge in [0.25, 0.3) is 0 Å². The summed E-state index contributed by atoms with van der Waals surface area (Å²) in [6.07, 6.45) is 7.12. The van der Waals surface area contributed by atoms with Crippen LogP contribution in [0.15, 0.2) is 17.4 Å². The van der Waals surface area contributed by atoms with Gasteiger partial charge in [-0.15, -0.1) is 24.0 Å². The molecule has 0 atom stereocenters. The van der Waals surface area contributed by atoms with Gasteiger partial charge in [0, 0.05) is 39.1 Å². The molecule has 8 nitrogen and oxygen atoms in total. The lowest BCUT2D eigenvalue weighted by atomic mass is 9.93. The van der Waals surface area contributed by atoms with Gasteiger partial charge in [-0.1, -0.05) is 13.8 Å². The van der Waals surface area contributed by atoms with E-state index >= 15 is 0 Å². The maximum atomic E-state index is 12.3. The normalized spacial score (nSPS) is 12.2. The Balaban J connectivity index is 0.00000841. The Morgan fingerprint density at radius 2 is 1.87 bits per heavy atom. The van der Waals surface area contributed by atoms with E-state index in [2.05, 4.69) is 44.3 Å². The van der Waals surface area contributed by atoms with Crippen LogP contribution < -0.4 is 16.0 Å². The van der Waals surface area contributed by atoms with Gasteiger partial charge in [-0.25, -0.2) is 9.78 Å². The minimum Gasteiger partial charge on any atom is -0.444 e. The van der Waals surface area contributed by atoms with E-state index in [1.54, 1.807) is 7.05 Å². The van der Waals surface area contributed by atoms with E-state index in [4.69, 9.17) is 4.74 Å². The van der Waals surface area contributed by atoms with Crippen molar-refractivity contribution in [1.82, 2.24) is 25.5 Å². The van der Waals surface area contributed by atoms with Gasteiger partial charge in [-0.3, -0.25) is 4.99 Å². The Bertz CT molecular complexity index is 650. The lowest BCUT2D eigenvalue weighted by molar-refractivity contribution is 0.0448. The number of amides is 1. The van der Waals surface area contributed by atoms with Crippen LogP contribution in [-0.2, 0) is 11.3 Å². The number of guanidine groups is 1. The molecule has 0 fully saturated rings. The molecule has 9 heteroatoms. The number of imidazole rings is 1. The smallest absolute Gasteiger partial charge is 0.408 e. The number of halogens is 1. The highest BCUT2D eigenvalue weighted by atomic mass is 127. The molecule has 0 bridgehead atoms. The molecular weight excluding hydrogens is 495 g/mol. The highest BCUT2D eigenvalue weighted by Crippen LogP contribution is 2.16. The fourth-order valence-electron chi connectivity index (χ4n) is 2.97. The largest absolute Gasteiger partial charge is 0.444 e. The highest BCUT2D eigenvalue weighted by molar-refractivity contribution is 14.0. The predicted octanol–water partition coefficient (Wildman–Crippen LogP) is 3.84. The standard InChI is InChI=1S/C21H40N6O2.HI/c1-8-21(9-2,26-19(28)29-20(4,5)6)16-25-18(22-7)24-12-10-11-14-27-15-13-23-17(27)3;/h13,15H,8-12,14,16H2,1-7H3,(H,26,28)(H2,22,24,25);1H. The van der Waals surface area contributed by atoms with Crippen LogP contribution in [0.25, 0.3) is 0 Å². The zero-order valence-electron chi connectivity index (χ0n) is 19.7. The SMILES string of the molecule is CCC(CC)(CNC(=NC)NCCCCn1ccnc1C)NC(=O)OC(C)(C)C.I. The summed E-state index contributed by atoms with van der Waals surface area (Å²) < 4.78 is 7.59. The molecule has 174 valence electrons. The quantitative estimate of drug-likeness (QED) is 0.183. The van der Waals surface area contributed by atoms with Crippen LogP contribution in [0, 0.1) is 6.92 Å². The molecule has 0 spiro atoms. The molecule has 30 heavy (non-hydrogen) atoms. The number of unbranched alkanes of at least 4 members (excludes halogenated alkanes) is 1. The van der Waals surface area contributed by atoms with Crippen LogP contribution in [0.2, 0.25) is 0 Å². The molecule has 0 unspecified atom stereocenters. The number of nitrogens with zero attached hydrogens (tertiary/aromatic N) is 3. The van der Waals surface area contributed by atoms with E-state index in [1.807, 2.05) is 40.1 Å². The second-order valence-electron chi connectivity index (χ2n) is 8.34. The second-order valence-corrected chi connectivity index (χ2v) is 8.34. The molecule has 0 saturated carbocycles. The summed E-state index contributed by atoms with van der Waals surface area (Å²) >= 11 is 0. The molecule has 1 heterocycles. The van der Waals surface area contributed by atoms with Gasteiger partial charge < -0.3 is 25.3 Å². The summed E-state index contributed by atoms with van der Waals surface area (Å²) in [5.41, 5.74) is -0.906. The van der Waals surface area contributed by atoms with Crippen molar-refractivity contribution in [1.29, 1.82) is 0 Å². The van der Waals surface area contributed by atoms with Gasteiger partial charge in [-0.05, 0) is 53.4 Å². The molecule has 1 aromatic heterocycles. The zero-order chi connectivity index (χ0) is 21.9.